The van der Waals surface area contributed by atoms with E-state index >= 15 is 0 Å². The Labute approximate surface area is 117 Å². The van der Waals surface area contributed by atoms with Crippen LogP contribution in [0.15, 0.2) is 12.1 Å². The maximum absolute atomic E-state index is 11.9. The van der Waals surface area contributed by atoms with Gasteiger partial charge in [-0.1, -0.05) is 0 Å². The van der Waals surface area contributed by atoms with Crippen molar-refractivity contribution in [3.8, 4) is 17.2 Å². The molecule has 1 heterocycles. The normalized spacial score (nSPS) is 17.7. The summed E-state index contributed by atoms with van der Waals surface area (Å²) in [4.78, 5) is 11.9. The average molecular weight is 278 g/mol. The molecule has 6 heteroatoms. The van der Waals surface area contributed by atoms with Gasteiger partial charge in [0.25, 0.3) is 5.91 Å². The third-order valence-corrected chi connectivity index (χ3v) is 3.37. The molecule has 2 aliphatic rings. The molecule has 1 saturated carbocycles. The second kappa shape index (κ2) is 5.20. The van der Waals surface area contributed by atoms with Gasteiger partial charge in [-0.05, 0) is 25.8 Å². The zero-order chi connectivity index (χ0) is 14.1. The Hall–Kier alpha value is -1.95. The highest BCUT2D eigenvalue weighted by atomic mass is 16.7. The van der Waals surface area contributed by atoms with Gasteiger partial charge in [-0.3, -0.25) is 4.79 Å². The number of rotatable bonds is 5. The number of carbonyl (C=O) groups excluding carboxylic acids is 1. The summed E-state index contributed by atoms with van der Waals surface area (Å²) in [5.74, 6) is 1.74. The minimum Gasteiger partial charge on any atom is -0.480 e. The van der Waals surface area contributed by atoms with Crippen LogP contribution in [0.25, 0.3) is 0 Å². The smallest absolute Gasteiger partial charge is 0.260 e. The van der Waals surface area contributed by atoms with E-state index in [4.69, 9.17) is 19.9 Å². The number of benzene rings is 1. The first-order valence-electron chi connectivity index (χ1n) is 6.77. The molecule has 0 aromatic heterocycles. The molecular formula is C14H18N2O4. The monoisotopic (exact) mass is 278 g/mol. The van der Waals surface area contributed by atoms with Crippen LogP contribution in [0.5, 0.6) is 17.2 Å². The molecule has 0 radical (unpaired) electrons. The molecule has 1 fully saturated rings. The molecular weight excluding hydrogens is 260 g/mol. The van der Waals surface area contributed by atoms with E-state index in [1.165, 1.54) is 0 Å². The molecule has 1 unspecified atom stereocenters. The maximum Gasteiger partial charge on any atom is 0.260 e. The molecule has 1 aliphatic carbocycles. The number of hydrogen-bond donors (Lipinski definition) is 2. The highest BCUT2D eigenvalue weighted by molar-refractivity contribution is 5.81. The van der Waals surface area contributed by atoms with Gasteiger partial charge in [0.1, 0.15) is 5.75 Å². The van der Waals surface area contributed by atoms with E-state index in [9.17, 15) is 4.79 Å². The van der Waals surface area contributed by atoms with Crippen molar-refractivity contribution < 1.29 is 19.0 Å². The van der Waals surface area contributed by atoms with E-state index < -0.39 is 6.10 Å². The van der Waals surface area contributed by atoms with Gasteiger partial charge in [-0.15, -0.1) is 0 Å². The van der Waals surface area contributed by atoms with Crippen LogP contribution >= 0.6 is 0 Å². The molecule has 108 valence electrons. The van der Waals surface area contributed by atoms with Crippen molar-refractivity contribution in [3.63, 3.8) is 0 Å². The zero-order valence-electron chi connectivity index (χ0n) is 11.3. The Morgan fingerprint density at radius 3 is 2.80 bits per heavy atom. The first-order valence-corrected chi connectivity index (χ1v) is 6.77. The standard InChI is InChI=1S/C14H18N2O4/c1-8(14(17)16-10-2-3-10)20-11-5-13-12(18-7-19-13)4-9(11)6-15/h4-5,8,10H,2-3,6-7,15H2,1H3,(H,16,17). The average Bonchev–Trinajstić information content (AvgIpc) is 3.13. The summed E-state index contributed by atoms with van der Waals surface area (Å²) in [7, 11) is 0. The highest BCUT2D eigenvalue weighted by Gasteiger charge is 2.27. The second-order valence-electron chi connectivity index (χ2n) is 5.06. The van der Waals surface area contributed by atoms with Crippen LogP contribution in [0.3, 0.4) is 0 Å². The van der Waals surface area contributed by atoms with E-state index in [2.05, 4.69) is 5.32 Å². The van der Waals surface area contributed by atoms with E-state index in [0.717, 1.165) is 18.4 Å². The molecule has 1 aliphatic heterocycles. The van der Waals surface area contributed by atoms with Gasteiger partial charge in [-0.25, -0.2) is 0 Å². The number of fused-ring (bicyclic) bond motifs is 1. The molecule has 0 spiro atoms. The second-order valence-corrected chi connectivity index (χ2v) is 5.06. The number of ether oxygens (including phenoxy) is 3. The van der Waals surface area contributed by atoms with E-state index in [0.29, 0.717) is 29.8 Å². The predicted molar refractivity (Wildman–Crippen MR) is 71.7 cm³/mol. The van der Waals surface area contributed by atoms with Gasteiger partial charge in [0, 0.05) is 24.2 Å². The first kappa shape index (κ1) is 13.1. The fourth-order valence-electron chi connectivity index (χ4n) is 2.02. The minimum absolute atomic E-state index is 0.104. The maximum atomic E-state index is 11.9. The van der Waals surface area contributed by atoms with Gasteiger partial charge < -0.3 is 25.3 Å². The fourth-order valence-corrected chi connectivity index (χ4v) is 2.02. The summed E-state index contributed by atoms with van der Waals surface area (Å²) in [5, 5.41) is 2.91. The van der Waals surface area contributed by atoms with Gasteiger partial charge in [0.05, 0.1) is 0 Å². The van der Waals surface area contributed by atoms with Crippen LogP contribution in [0, 0.1) is 0 Å². The van der Waals surface area contributed by atoms with Crippen molar-refractivity contribution in [2.75, 3.05) is 6.79 Å². The van der Waals surface area contributed by atoms with Crippen molar-refractivity contribution in [1.29, 1.82) is 0 Å². The topological polar surface area (TPSA) is 82.8 Å². The summed E-state index contributed by atoms with van der Waals surface area (Å²) < 4.78 is 16.3. The van der Waals surface area contributed by atoms with Crippen LogP contribution in [0.4, 0.5) is 0 Å². The van der Waals surface area contributed by atoms with Crippen LogP contribution in [-0.4, -0.2) is 24.8 Å². The summed E-state index contributed by atoms with van der Waals surface area (Å²) in [5.41, 5.74) is 6.50. The van der Waals surface area contributed by atoms with Crippen molar-refractivity contribution in [1.82, 2.24) is 5.32 Å². The summed E-state index contributed by atoms with van der Waals surface area (Å²) in [6.07, 6.45) is 1.54. The zero-order valence-corrected chi connectivity index (χ0v) is 11.3. The lowest BCUT2D eigenvalue weighted by atomic mass is 10.1. The predicted octanol–water partition coefficient (Wildman–Crippen LogP) is 0.920. The van der Waals surface area contributed by atoms with Gasteiger partial charge in [0.2, 0.25) is 6.79 Å². The third kappa shape index (κ3) is 2.65. The van der Waals surface area contributed by atoms with Crippen LogP contribution in [0.1, 0.15) is 25.3 Å². The van der Waals surface area contributed by atoms with Gasteiger partial charge >= 0.3 is 0 Å². The molecule has 1 atom stereocenters. The van der Waals surface area contributed by atoms with Crippen LogP contribution in [-0.2, 0) is 11.3 Å². The summed E-state index contributed by atoms with van der Waals surface area (Å²) in [6.45, 7) is 2.23. The molecule has 0 saturated heterocycles. The van der Waals surface area contributed by atoms with Crippen molar-refractivity contribution in [2.45, 2.75) is 38.5 Å². The minimum atomic E-state index is -0.568. The number of nitrogens with one attached hydrogen (secondary N) is 1. The van der Waals surface area contributed by atoms with Crippen LogP contribution in [0.2, 0.25) is 0 Å². The van der Waals surface area contributed by atoms with Crippen molar-refractivity contribution >= 4 is 5.91 Å². The Balaban J connectivity index is 1.73. The van der Waals surface area contributed by atoms with Crippen molar-refractivity contribution in [3.05, 3.63) is 17.7 Å². The van der Waals surface area contributed by atoms with E-state index in [-0.39, 0.29) is 12.7 Å². The van der Waals surface area contributed by atoms with Gasteiger partial charge in [-0.2, -0.15) is 0 Å². The Morgan fingerprint density at radius 2 is 2.15 bits per heavy atom. The number of amides is 1. The Morgan fingerprint density at radius 1 is 1.45 bits per heavy atom. The first-order chi connectivity index (χ1) is 9.67. The summed E-state index contributed by atoms with van der Waals surface area (Å²) >= 11 is 0. The Bertz CT molecular complexity index is 528. The lowest BCUT2D eigenvalue weighted by molar-refractivity contribution is -0.127. The van der Waals surface area contributed by atoms with E-state index in [1.54, 1.807) is 19.1 Å². The van der Waals surface area contributed by atoms with E-state index in [1.807, 2.05) is 0 Å². The molecule has 1 amide bonds. The SMILES string of the molecule is CC(Oc1cc2c(cc1CN)OCO2)C(=O)NC1CC1. The molecule has 0 bridgehead atoms. The quantitative estimate of drug-likeness (QED) is 0.837. The molecule has 3 rings (SSSR count). The number of nitrogens with two attached hydrogens (primary N) is 1. The van der Waals surface area contributed by atoms with Crippen LogP contribution < -0.4 is 25.3 Å². The molecule has 6 nitrogen and oxygen atoms in total. The lowest BCUT2D eigenvalue weighted by Crippen LogP contribution is -2.37. The number of carbonyl (C=O) groups is 1. The number of hydrogen-bond acceptors (Lipinski definition) is 5. The molecule has 20 heavy (non-hydrogen) atoms. The third-order valence-electron chi connectivity index (χ3n) is 3.37. The molecule has 1 aromatic rings. The largest absolute Gasteiger partial charge is 0.480 e. The highest BCUT2D eigenvalue weighted by Crippen LogP contribution is 2.38. The molecule has 3 N–H and O–H groups in total. The van der Waals surface area contributed by atoms with Crippen molar-refractivity contribution in [2.24, 2.45) is 5.73 Å². The molecule has 1 aromatic carbocycles. The lowest BCUT2D eigenvalue weighted by Gasteiger charge is -2.17. The van der Waals surface area contributed by atoms with Gasteiger partial charge in [0.15, 0.2) is 17.6 Å². The Kier molecular flexibility index (Phi) is 3.40. The fraction of sp³-hybridized carbons (Fsp3) is 0.500. The summed E-state index contributed by atoms with van der Waals surface area (Å²) in [6, 6.07) is 3.84.